The number of piperidine rings is 1. The Balaban J connectivity index is 1.86. The first kappa shape index (κ1) is 18.5. The van der Waals surface area contributed by atoms with E-state index in [0.29, 0.717) is 12.3 Å². The summed E-state index contributed by atoms with van der Waals surface area (Å²) in [5.41, 5.74) is 0.920. The van der Waals surface area contributed by atoms with Crippen molar-refractivity contribution >= 4 is 17.6 Å². The van der Waals surface area contributed by atoms with Crippen LogP contribution >= 0.6 is 0 Å². The van der Waals surface area contributed by atoms with Crippen LogP contribution in [0.5, 0.6) is 0 Å². The molecule has 1 aromatic rings. The largest absolute Gasteiger partial charge is 0.468 e. The molecule has 1 saturated heterocycles. The lowest BCUT2D eigenvalue weighted by atomic mass is 9.85. The van der Waals surface area contributed by atoms with Crippen LogP contribution in [0.25, 0.3) is 0 Å². The Morgan fingerprint density at radius 1 is 1.21 bits per heavy atom. The molecule has 5 nitrogen and oxygen atoms in total. The second-order valence-electron chi connectivity index (χ2n) is 6.97. The number of carbonyl (C=O) groups excluding carboxylic acids is 2. The van der Waals surface area contributed by atoms with Crippen LogP contribution in [0.2, 0.25) is 0 Å². The SMILES string of the molecule is COC(=O)C(C)(C)c1ccc(NC(=O)CCC2CCNCC2)cc1. The number of esters is 1. The number of ether oxygens (including phenoxy) is 1. The molecule has 1 aliphatic rings. The van der Waals surface area contributed by atoms with Crippen molar-refractivity contribution in [3.63, 3.8) is 0 Å². The number of hydrogen-bond acceptors (Lipinski definition) is 4. The molecule has 2 rings (SSSR count). The minimum atomic E-state index is -0.702. The third kappa shape index (κ3) is 4.81. The maximum absolute atomic E-state index is 12.1. The maximum atomic E-state index is 12.1. The van der Waals surface area contributed by atoms with E-state index in [4.69, 9.17) is 4.74 Å². The molecule has 1 amide bonds. The molecule has 132 valence electrons. The summed E-state index contributed by atoms with van der Waals surface area (Å²) >= 11 is 0. The zero-order valence-electron chi connectivity index (χ0n) is 14.9. The van der Waals surface area contributed by atoms with Gasteiger partial charge in [-0.15, -0.1) is 0 Å². The number of methoxy groups -OCH3 is 1. The Hall–Kier alpha value is -1.88. The second-order valence-corrected chi connectivity index (χ2v) is 6.97. The van der Waals surface area contributed by atoms with E-state index in [2.05, 4.69) is 10.6 Å². The Kier molecular flexibility index (Phi) is 6.37. The monoisotopic (exact) mass is 332 g/mol. The molecule has 1 aromatic carbocycles. The Labute approximate surface area is 144 Å². The first-order valence-corrected chi connectivity index (χ1v) is 8.63. The molecule has 0 aromatic heterocycles. The standard InChI is InChI=1S/C19H28N2O3/c1-19(2,18(23)24-3)15-5-7-16(8-6-15)21-17(22)9-4-14-10-12-20-13-11-14/h5-8,14,20H,4,9-13H2,1-3H3,(H,21,22). The van der Waals surface area contributed by atoms with Crippen molar-refractivity contribution in [2.24, 2.45) is 5.92 Å². The number of nitrogens with one attached hydrogen (secondary N) is 2. The predicted octanol–water partition coefficient (Wildman–Crippen LogP) is 2.86. The molecule has 2 N–H and O–H groups in total. The summed E-state index contributed by atoms with van der Waals surface area (Å²) < 4.78 is 4.84. The second kappa shape index (κ2) is 8.29. The fraction of sp³-hybridized carbons (Fsp3) is 0.579. The van der Waals surface area contributed by atoms with E-state index in [1.54, 1.807) is 0 Å². The zero-order chi connectivity index (χ0) is 17.6. The molecule has 0 saturated carbocycles. The van der Waals surface area contributed by atoms with Gasteiger partial charge in [-0.3, -0.25) is 9.59 Å². The first-order chi connectivity index (χ1) is 11.4. The van der Waals surface area contributed by atoms with E-state index in [-0.39, 0.29) is 11.9 Å². The summed E-state index contributed by atoms with van der Waals surface area (Å²) in [4.78, 5) is 23.9. The van der Waals surface area contributed by atoms with Gasteiger partial charge in [-0.2, -0.15) is 0 Å². The molecule has 1 fully saturated rings. The van der Waals surface area contributed by atoms with Crippen molar-refractivity contribution in [3.05, 3.63) is 29.8 Å². The lowest BCUT2D eigenvalue weighted by molar-refractivity contribution is -0.146. The van der Waals surface area contributed by atoms with Crippen molar-refractivity contribution in [2.45, 2.75) is 44.9 Å². The van der Waals surface area contributed by atoms with Gasteiger partial charge < -0.3 is 15.4 Å². The van der Waals surface area contributed by atoms with Gasteiger partial charge in [0.25, 0.3) is 0 Å². The number of benzene rings is 1. The van der Waals surface area contributed by atoms with Gasteiger partial charge >= 0.3 is 5.97 Å². The quantitative estimate of drug-likeness (QED) is 0.786. The van der Waals surface area contributed by atoms with E-state index in [9.17, 15) is 9.59 Å². The molecule has 5 heteroatoms. The average molecular weight is 332 g/mol. The van der Waals surface area contributed by atoms with E-state index >= 15 is 0 Å². The number of hydrogen-bond donors (Lipinski definition) is 2. The molecular weight excluding hydrogens is 304 g/mol. The van der Waals surface area contributed by atoms with Crippen molar-refractivity contribution in [2.75, 3.05) is 25.5 Å². The van der Waals surface area contributed by atoms with Crippen LogP contribution in [-0.2, 0) is 19.7 Å². The van der Waals surface area contributed by atoms with Crippen LogP contribution in [0, 0.1) is 5.92 Å². The third-order valence-electron chi connectivity index (χ3n) is 4.82. The summed E-state index contributed by atoms with van der Waals surface area (Å²) in [6.45, 7) is 5.77. The summed E-state index contributed by atoms with van der Waals surface area (Å²) in [7, 11) is 1.39. The molecular formula is C19H28N2O3. The topological polar surface area (TPSA) is 67.4 Å². The van der Waals surface area contributed by atoms with Crippen LogP contribution in [0.3, 0.4) is 0 Å². The summed E-state index contributed by atoms with van der Waals surface area (Å²) in [5.74, 6) is 0.426. The van der Waals surface area contributed by atoms with Gasteiger partial charge in [-0.1, -0.05) is 12.1 Å². The van der Waals surface area contributed by atoms with Gasteiger partial charge in [-0.05, 0) is 69.8 Å². The Bertz CT molecular complexity index is 560. The zero-order valence-corrected chi connectivity index (χ0v) is 14.9. The molecule has 1 aliphatic heterocycles. The minimum Gasteiger partial charge on any atom is -0.468 e. The predicted molar refractivity (Wildman–Crippen MR) is 94.9 cm³/mol. The lowest BCUT2D eigenvalue weighted by Gasteiger charge is -2.22. The molecule has 0 aliphatic carbocycles. The summed E-state index contributed by atoms with van der Waals surface area (Å²) in [6, 6.07) is 7.39. The number of anilines is 1. The summed E-state index contributed by atoms with van der Waals surface area (Å²) in [6.07, 6.45) is 3.82. The summed E-state index contributed by atoms with van der Waals surface area (Å²) in [5, 5.41) is 6.27. The van der Waals surface area contributed by atoms with Crippen LogP contribution in [0.1, 0.15) is 45.1 Å². The highest BCUT2D eigenvalue weighted by molar-refractivity contribution is 5.90. The highest BCUT2D eigenvalue weighted by Gasteiger charge is 2.30. The van der Waals surface area contributed by atoms with Crippen molar-refractivity contribution in [3.8, 4) is 0 Å². The van der Waals surface area contributed by atoms with Gasteiger partial charge in [0.2, 0.25) is 5.91 Å². The van der Waals surface area contributed by atoms with Gasteiger partial charge in [-0.25, -0.2) is 0 Å². The van der Waals surface area contributed by atoms with Crippen LogP contribution in [0.4, 0.5) is 5.69 Å². The molecule has 0 unspecified atom stereocenters. The maximum Gasteiger partial charge on any atom is 0.315 e. The molecule has 0 spiro atoms. The number of rotatable bonds is 6. The van der Waals surface area contributed by atoms with Gasteiger partial charge in [0.05, 0.1) is 12.5 Å². The highest BCUT2D eigenvalue weighted by atomic mass is 16.5. The van der Waals surface area contributed by atoms with Crippen LogP contribution in [0.15, 0.2) is 24.3 Å². The fourth-order valence-corrected chi connectivity index (χ4v) is 3.07. The van der Waals surface area contributed by atoms with Gasteiger partial charge in [0, 0.05) is 12.1 Å². The lowest BCUT2D eigenvalue weighted by Crippen LogP contribution is -2.30. The Morgan fingerprint density at radius 3 is 2.42 bits per heavy atom. The van der Waals surface area contributed by atoms with E-state index in [0.717, 1.165) is 43.6 Å². The van der Waals surface area contributed by atoms with Gasteiger partial charge in [0.1, 0.15) is 0 Å². The third-order valence-corrected chi connectivity index (χ3v) is 4.82. The molecule has 1 heterocycles. The van der Waals surface area contributed by atoms with Crippen molar-refractivity contribution in [1.29, 1.82) is 0 Å². The van der Waals surface area contributed by atoms with E-state index in [1.165, 1.54) is 7.11 Å². The average Bonchev–Trinajstić information content (AvgIpc) is 2.60. The van der Waals surface area contributed by atoms with E-state index in [1.807, 2.05) is 38.1 Å². The molecule has 0 radical (unpaired) electrons. The first-order valence-electron chi connectivity index (χ1n) is 8.63. The van der Waals surface area contributed by atoms with Crippen LogP contribution in [-0.4, -0.2) is 32.1 Å². The van der Waals surface area contributed by atoms with Gasteiger partial charge in [0.15, 0.2) is 0 Å². The molecule has 0 atom stereocenters. The normalized spacial score (nSPS) is 15.8. The Morgan fingerprint density at radius 2 is 1.83 bits per heavy atom. The van der Waals surface area contributed by atoms with E-state index < -0.39 is 5.41 Å². The number of amides is 1. The fourth-order valence-electron chi connectivity index (χ4n) is 3.07. The minimum absolute atomic E-state index is 0.0495. The smallest absolute Gasteiger partial charge is 0.315 e. The molecule has 0 bridgehead atoms. The van der Waals surface area contributed by atoms with Crippen molar-refractivity contribution < 1.29 is 14.3 Å². The number of carbonyl (C=O) groups is 2. The highest BCUT2D eigenvalue weighted by Crippen LogP contribution is 2.26. The van der Waals surface area contributed by atoms with Crippen LogP contribution < -0.4 is 10.6 Å². The molecule has 24 heavy (non-hydrogen) atoms. The van der Waals surface area contributed by atoms with Crippen molar-refractivity contribution in [1.82, 2.24) is 5.32 Å².